The van der Waals surface area contributed by atoms with Crippen LogP contribution in [0.25, 0.3) is 0 Å². The fourth-order valence-electron chi connectivity index (χ4n) is 1.97. The van der Waals surface area contributed by atoms with Crippen LogP contribution in [-0.2, 0) is 0 Å². The minimum absolute atomic E-state index is 0.121. The summed E-state index contributed by atoms with van der Waals surface area (Å²) in [7, 11) is 0. The normalized spacial score (nSPS) is 17.7. The van der Waals surface area contributed by atoms with Gasteiger partial charge in [0.05, 0.1) is 12.9 Å². The van der Waals surface area contributed by atoms with Crippen molar-refractivity contribution in [3.63, 3.8) is 0 Å². The van der Waals surface area contributed by atoms with Crippen molar-refractivity contribution < 1.29 is 5.21 Å². The molecule has 2 heterocycles. The van der Waals surface area contributed by atoms with E-state index in [1.807, 2.05) is 22.6 Å². The number of rotatable bonds is 3. The van der Waals surface area contributed by atoms with Crippen molar-refractivity contribution in [2.24, 2.45) is 10.9 Å². The molecule has 1 fully saturated rings. The summed E-state index contributed by atoms with van der Waals surface area (Å²) >= 11 is 2.00. The molecule has 1 aliphatic rings. The number of aromatic amines is 1. The first-order chi connectivity index (χ1) is 9.11. The number of nitrogens with one attached hydrogen (secondary N) is 1. The number of H-pyrrole nitrogens is 1. The first-order valence-electron chi connectivity index (χ1n) is 5.78. The maximum atomic E-state index is 11.5. The highest BCUT2D eigenvalue weighted by Gasteiger charge is 2.21. The number of nitrogens with zero attached hydrogens (tertiary/aromatic N) is 4. The number of halogens is 1. The van der Waals surface area contributed by atoms with Crippen LogP contribution >= 0.6 is 22.6 Å². The van der Waals surface area contributed by atoms with E-state index in [0.717, 1.165) is 26.2 Å². The van der Waals surface area contributed by atoms with Gasteiger partial charge in [-0.15, -0.1) is 0 Å². The van der Waals surface area contributed by atoms with E-state index in [2.05, 4.69) is 24.9 Å². The lowest BCUT2D eigenvalue weighted by Crippen LogP contribution is -2.49. The topological polar surface area (TPSA) is 111 Å². The van der Waals surface area contributed by atoms with Gasteiger partial charge in [0.1, 0.15) is 9.39 Å². The molecule has 0 aliphatic carbocycles. The van der Waals surface area contributed by atoms with Gasteiger partial charge in [-0.05, 0) is 22.6 Å². The Labute approximate surface area is 123 Å². The predicted molar refractivity (Wildman–Crippen MR) is 79.6 cm³/mol. The summed E-state index contributed by atoms with van der Waals surface area (Å²) in [5.74, 6) is 0.921. The Bertz CT molecular complexity index is 523. The third-order valence-electron chi connectivity index (χ3n) is 2.96. The van der Waals surface area contributed by atoms with E-state index in [1.165, 1.54) is 6.33 Å². The highest BCUT2D eigenvalue weighted by atomic mass is 127. The third-order valence-corrected chi connectivity index (χ3v) is 3.94. The highest BCUT2D eigenvalue weighted by Crippen LogP contribution is 2.17. The number of amidine groups is 1. The Morgan fingerprint density at radius 3 is 2.84 bits per heavy atom. The summed E-state index contributed by atoms with van der Waals surface area (Å²) in [5.41, 5.74) is 5.36. The minimum Gasteiger partial charge on any atom is -0.409 e. The van der Waals surface area contributed by atoms with E-state index in [0.29, 0.717) is 15.9 Å². The molecule has 0 radical (unpaired) electrons. The summed E-state index contributed by atoms with van der Waals surface area (Å²) in [6.45, 7) is 3.52. The van der Waals surface area contributed by atoms with Gasteiger partial charge >= 0.3 is 0 Å². The standard InChI is InChI=1S/C10H15IN6O2/c11-8-9(13-6-14-10(8)18)17-3-1-16(2-4-17)5-7(12)15-19/h6,19H,1-5H2,(H2,12,15)(H,13,14,18). The van der Waals surface area contributed by atoms with E-state index in [4.69, 9.17) is 10.9 Å². The predicted octanol–water partition coefficient (Wildman–Crippen LogP) is -0.757. The molecule has 0 aromatic carbocycles. The molecule has 19 heavy (non-hydrogen) atoms. The zero-order valence-electron chi connectivity index (χ0n) is 10.2. The largest absolute Gasteiger partial charge is 0.409 e. The molecular formula is C10H15IN6O2. The van der Waals surface area contributed by atoms with Gasteiger partial charge < -0.3 is 20.8 Å². The first-order valence-corrected chi connectivity index (χ1v) is 6.86. The van der Waals surface area contributed by atoms with Gasteiger partial charge in [-0.2, -0.15) is 0 Å². The summed E-state index contributed by atoms with van der Waals surface area (Å²) < 4.78 is 0.602. The Balaban J connectivity index is 2.00. The maximum absolute atomic E-state index is 11.5. The zero-order valence-corrected chi connectivity index (χ0v) is 12.4. The molecule has 0 amide bonds. The SMILES string of the molecule is NC(CN1CCN(c2nc[nH]c(=O)c2I)CC1)=NO. The van der Waals surface area contributed by atoms with Crippen molar-refractivity contribution in [2.75, 3.05) is 37.6 Å². The van der Waals surface area contributed by atoms with Crippen LogP contribution in [0.2, 0.25) is 0 Å². The molecular weight excluding hydrogens is 363 g/mol. The Morgan fingerprint density at radius 1 is 1.53 bits per heavy atom. The molecule has 0 spiro atoms. The monoisotopic (exact) mass is 378 g/mol. The minimum atomic E-state index is -0.121. The van der Waals surface area contributed by atoms with Crippen molar-refractivity contribution >= 4 is 34.2 Å². The lowest BCUT2D eigenvalue weighted by atomic mass is 10.3. The van der Waals surface area contributed by atoms with Crippen LogP contribution in [0.5, 0.6) is 0 Å². The number of anilines is 1. The zero-order chi connectivity index (χ0) is 13.8. The third kappa shape index (κ3) is 3.35. The van der Waals surface area contributed by atoms with Crippen LogP contribution in [0, 0.1) is 3.57 Å². The molecule has 104 valence electrons. The lowest BCUT2D eigenvalue weighted by Gasteiger charge is -2.35. The van der Waals surface area contributed by atoms with Crippen molar-refractivity contribution in [3.8, 4) is 0 Å². The van der Waals surface area contributed by atoms with Gasteiger partial charge in [0.2, 0.25) is 0 Å². The van der Waals surface area contributed by atoms with E-state index in [9.17, 15) is 4.79 Å². The highest BCUT2D eigenvalue weighted by molar-refractivity contribution is 14.1. The molecule has 1 aliphatic heterocycles. The maximum Gasteiger partial charge on any atom is 0.266 e. The van der Waals surface area contributed by atoms with Crippen molar-refractivity contribution in [1.82, 2.24) is 14.9 Å². The van der Waals surface area contributed by atoms with E-state index in [-0.39, 0.29) is 11.4 Å². The molecule has 0 unspecified atom stereocenters. The molecule has 9 heteroatoms. The van der Waals surface area contributed by atoms with Crippen molar-refractivity contribution in [3.05, 3.63) is 20.3 Å². The quantitative estimate of drug-likeness (QED) is 0.210. The molecule has 0 bridgehead atoms. The van der Waals surface area contributed by atoms with E-state index in [1.54, 1.807) is 0 Å². The van der Waals surface area contributed by atoms with Gasteiger partial charge in [0.25, 0.3) is 5.56 Å². The number of aromatic nitrogens is 2. The lowest BCUT2D eigenvalue weighted by molar-refractivity contribution is 0.278. The summed E-state index contributed by atoms with van der Waals surface area (Å²) in [5, 5.41) is 11.5. The van der Waals surface area contributed by atoms with E-state index >= 15 is 0 Å². The Hall–Kier alpha value is -1.36. The Kier molecular flexibility index (Phi) is 4.58. The summed E-state index contributed by atoms with van der Waals surface area (Å²) in [6, 6.07) is 0. The van der Waals surface area contributed by atoms with Crippen LogP contribution in [0.4, 0.5) is 5.82 Å². The van der Waals surface area contributed by atoms with Crippen molar-refractivity contribution in [2.45, 2.75) is 0 Å². The molecule has 4 N–H and O–H groups in total. The summed E-state index contributed by atoms with van der Waals surface area (Å²) in [4.78, 5) is 22.5. The molecule has 1 saturated heterocycles. The molecule has 0 saturated carbocycles. The fourth-order valence-corrected chi connectivity index (χ4v) is 2.61. The number of hydrogen-bond donors (Lipinski definition) is 3. The summed E-state index contributed by atoms with van der Waals surface area (Å²) in [6.07, 6.45) is 1.42. The van der Waals surface area contributed by atoms with Gasteiger partial charge in [-0.3, -0.25) is 9.69 Å². The first kappa shape index (κ1) is 14.1. The molecule has 2 rings (SSSR count). The number of piperazine rings is 1. The molecule has 0 atom stereocenters. The second-order valence-electron chi connectivity index (χ2n) is 4.22. The second kappa shape index (κ2) is 6.19. The molecule has 1 aromatic rings. The van der Waals surface area contributed by atoms with Crippen LogP contribution in [-0.4, -0.2) is 58.6 Å². The van der Waals surface area contributed by atoms with Gasteiger partial charge in [0, 0.05) is 26.2 Å². The number of oxime groups is 1. The van der Waals surface area contributed by atoms with Crippen LogP contribution < -0.4 is 16.2 Å². The van der Waals surface area contributed by atoms with Gasteiger partial charge in [-0.25, -0.2) is 4.98 Å². The Morgan fingerprint density at radius 2 is 2.21 bits per heavy atom. The number of hydrogen-bond acceptors (Lipinski definition) is 6. The average Bonchev–Trinajstić information content (AvgIpc) is 2.43. The van der Waals surface area contributed by atoms with Gasteiger partial charge in [0.15, 0.2) is 5.84 Å². The second-order valence-corrected chi connectivity index (χ2v) is 5.30. The van der Waals surface area contributed by atoms with Gasteiger partial charge in [-0.1, -0.05) is 5.16 Å². The van der Waals surface area contributed by atoms with Crippen LogP contribution in [0.15, 0.2) is 16.3 Å². The number of nitrogens with two attached hydrogens (primary N) is 1. The van der Waals surface area contributed by atoms with Crippen LogP contribution in [0.1, 0.15) is 0 Å². The van der Waals surface area contributed by atoms with Crippen molar-refractivity contribution in [1.29, 1.82) is 0 Å². The molecule has 8 nitrogen and oxygen atoms in total. The fraction of sp³-hybridized carbons (Fsp3) is 0.500. The molecule has 1 aromatic heterocycles. The van der Waals surface area contributed by atoms with Crippen LogP contribution in [0.3, 0.4) is 0 Å². The van der Waals surface area contributed by atoms with E-state index < -0.39 is 0 Å². The smallest absolute Gasteiger partial charge is 0.266 e. The average molecular weight is 378 g/mol.